The molecular formula is C12H20N2O. The molecule has 0 saturated heterocycles. The van der Waals surface area contributed by atoms with Crippen LogP contribution in [-0.2, 0) is 13.1 Å². The van der Waals surface area contributed by atoms with E-state index in [2.05, 4.69) is 23.3 Å². The molecule has 84 valence electrons. The lowest BCUT2D eigenvalue weighted by Crippen LogP contribution is -2.21. The Balaban J connectivity index is 1.87. The largest absolute Gasteiger partial charge is 0.468 e. The summed E-state index contributed by atoms with van der Waals surface area (Å²) in [4.78, 5) is 2.36. The van der Waals surface area contributed by atoms with Crippen LogP contribution in [0.15, 0.2) is 16.7 Å². The summed E-state index contributed by atoms with van der Waals surface area (Å²) in [5.41, 5.74) is 1.28. The molecule has 0 aliphatic heterocycles. The average molecular weight is 208 g/mol. The van der Waals surface area contributed by atoms with Gasteiger partial charge in [0.25, 0.3) is 0 Å². The molecule has 1 saturated carbocycles. The minimum absolute atomic E-state index is 0.892. The summed E-state index contributed by atoms with van der Waals surface area (Å²) in [7, 11) is 4.13. The van der Waals surface area contributed by atoms with Crippen LogP contribution in [-0.4, -0.2) is 25.5 Å². The van der Waals surface area contributed by atoms with Crippen molar-refractivity contribution in [3.05, 3.63) is 23.7 Å². The van der Waals surface area contributed by atoms with Crippen molar-refractivity contribution in [2.75, 3.05) is 20.6 Å². The van der Waals surface area contributed by atoms with E-state index in [0.29, 0.717) is 0 Å². The highest BCUT2D eigenvalue weighted by Gasteiger charge is 2.23. The Morgan fingerprint density at radius 2 is 2.33 bits per heavy atom. The first-order chi connectivity index (χ1) is 7.29. The van der Waals surface area contributed by atoms with E-state index in [-0.39, 0.29) is 0 Å². The molecule has 3 nitrogen and oxygen atoms in total. The summed E-state index contributed by atoms with van der Waals surface area (Å²) >= 11 is 0. The Kier molecular flexibility index (Phi) is 3.44. The molecule has 3 heteroatoms. The molecule has 1 aliphatic carbocycles. The van der Waals surface area contributed by atoms with E-state index in [4.69, 9.17) is 4.42 Å². The molecule has 0 unspecified atom stereocenters. The number of hydrogen-bond acceptors (Lipinski definition) is 3. The second kappa shape index (κ2) is 4.81. The van der Waals surface area contributed by atoms with Gasteiger partial charge >= 0.3 is 0 Å². The summed E-state index contributed by atoms with van der Waals surface area (Å²) in [6.45, 7) is 3.03. The molecule has 1 aromatic rings. The van der Waals surface area contributed by atoms with Gasteiger partial charge < -0.3 is 9.73 Å². The molecule has 1 heterocycles. The maximum absolute atomic E-state index is 5.51. The number of hydrogen-bond donors (Lipinski definition) is 1. The number of nitrogens with one attached hydrogen (secondary N) is 1. The van der Waals surface area contributed by atoms with E-state index in [1.807, 2.05) is 7.05 Å². The van der Waals surface area contributed by atoms with Crippen LogP contribution in [0.2, 0.25) is 0 Å². The van der Waals surface area contributed by atoms with Crippen LogP contribution in [0.25, 0.3) is 0 Å². The lowest BCUT2D eigenvalue weighted by Gasteiger charge is -2.15. The summed E-state index contributed by atoms with van der Waals surface area (Å²) < 4.78 is 5.51. The molecular weight excluding hydrogens is 188 g/mol. The van der Waals surface area contributed by atoms with Gasteiger partial charge in [-0.15, -0.1) is 0 Å². The molecule has 15 heavy (non-hydrogen) atoms. The number of rotatable bonds is 6. The average Bonchev–Trinajstić information content (AvgIpc) is 2.90. The molecule has 0 atom stereocenters. The predicted octanol–water partition coefficient (Wildman–Crippen LogP) is 1.84. The minimum Gasteiger partial charge on any atom is -0.468 e. The summed E-state index contributed by atoms with van der Waals surface area (Å²) in [6.07, 6.45) is 4.60. The summed E-state index contributed by atoms with van der Waals surface area (Å²) in [5, 5.41) is 3.16. The molecule has 1 aromatic heterocycles. The fraction of sp³-hybridized carbons (Fsp3) is 0.667. The van der Waals surface area contributed by atoms with Crippen LogP contribution in [0.4, 0.5) is 0 Å². The van der Waals surface area contributed by atoms with E-state index in [1.54, 1.807) is 6.26 Å². The quantitative estimate of drug-likeness (QED) is 0.773. The van der Waals surface area contributed by atoms with Crippen molar-refractivity contribution >= 4 is 0 Å². The first kappa shape index (κ1) is 10.7. The fourth-order valence-corrected chi connectivity index (χ4v) is 1.90. The lowest BCUT2D eigenvalue weighted by molar-refractivity contribution is 0.282. The molecule has 0 bridgehead atoms. The van der Waals surface area contributed by atoms with E-state index < -0.39 is 0 Å². The van der Waals surface area contributed by atoms with Crippen molar-refractivity contribution in [2.24, 2.45) is 5.92 Å². The smallest absolute Gasteiger partial charge is 0.122 e. The van der Waals surface area contributed by atoms with Crippen molar-refractivity contribution < 1.29 is 4.42 Å². The Hall–Kier alpha value is -0.800. The predicted molar refractivity (Wildman–Crippen MR) is 60.5 cm³/mol. The van der Waals surface area contributed by atoms with E-state index >= 15 is 0 Å². The third-order valence-electron chi connectivity index (χ3n) is 2.89. The molecule has 0 amide bonds. The SMILES string of the molecule is CNCc1ccoc1CN(C)CC1CC1. The Bertz CT molecular complexity index is 304. The lowest BCUT2D eigenvalue weighted by atomic mass is 10.2. The van der Waals surface area contributed by atoms with Crippen LogP contribution in [0, 0.1) is 5.92 Å². The highest BCUT2D eigenvalue weighted by Crippen LogP contribution is 2.29. The maximum Gasteiger partial charge on any atom is 0.122 e. The van der Waals surface area contributed by atoms with Gasteiger partial charge in [-0.2, -0.15) is 0 Å². The van der Waals surface area contributed by atoms with Crippen molar-refractivity contribution in [2.45, 2.75) is 25.9 Å². The van der Waals surface area contributed by atoms with Gasteiger partial charge in [-0.1, -0.05) is 0 Å². The molecule has 0 radical (unpaired) electrons. The van der Waals surface area contributed by atoms with Gasteiger partial charge in [0.2, 0.25) is 0 Å². The van der Waals surface area contributed by atoms with Gasteiger partial charge in [0.1, 0.15) is 5.76 Å². The molecule has 1 fully saturated rings. The minimum atomic E-state index is 0.892. The van der Waals surface area contributed by atoms with Crippen LogP contribution < -0.4 is 5.32 Å². The fourth-order valence-electron chi connectivity index (χ4n) is 1.90. The van der Waals surface area contributed by atoms with Crippen molar-refractivity contribution in [1.82, 2.24) is 10.2 Å². The van der Waals surface area contributed by atoms with Crippen LogP contribution in [0.3, 0.4) is 0 Å². The van der Waals surface area contributed by atoms with Gasteiger partial charge in [0.15, 0.2) is 0 Å². The number of nitrogens with zero attached hydrogens (tertiary/aromatic N) is 1. The Morgan fingerprint density at radius 3 is 3.00 bits per heavy atom. The topological polar surface area (TPSA) is 28.4 Å². The zero-order valence-electron chi connectivity index (χ0n) is 9.62. The van der Waals surface area contributed by atoms with Gasteiger partial charge in [0, 0.05) is 18.7 Å². The van der Waals surface area contributed by atoms with Crippen LogP contribution >= 0.6 is 0 Å². The van der Waals surface area contributed by atoms with E-state index in [9.17, 15) is 0 Å². The summed E-state index contributed by atoms with van der Waals surface area (Å²) in [6, 6.07) is 2.05. The number of furan rings is 1. The third-order valence-corrected chi connectivity index (χ3v) is 2.89. The normalized spacial score (nSPS) is 16.2. The Morgan fingerprint density at radius 1 is 1.53 bits per heavy atom. The van der Waals surface area contributed by atoms with Crippen LogP contribution in [0.1, 0.15) is 24.2 Å². The van der Waals surface area contributed by atoms with Gasteiger partial charge in [-0.05, 0) is 38.9 Å². The highest BCUT2D eigenvalue weighted by molar-refractivity contribution is 5.16. The van der Waals surface area contributed by atoms with E-state index in [0.717, 1.165) is 24.8 Å². The zero-order valence-corrected chi connectivity index (χ0v) is 9.62. The van der Waals surface area contributed by atoms with Crippen molar-refractivity contribution in [1.29, 1.82) is 0 Å². The third kappa shape index (κ3) is 3.08. The summed E-state index contributed by atoms with van der Waals surface area (Å²) in [5.74, 6) is 2.05. The monoisotopic (exact) mass is 208 g/mol. The first-order valence-electron chi connectivity index (χ1n) is 5.68. The first-order valence-corrected chi connectivity index (χ1v) is 5.68. The van der Waals surface area contributed by atoms with Gasteiger partial charge in [-0.3, -0.25) is 4.90 Å². The Labute approximate surface area is 91.4 Å². The molecule has 1 aliphatic rings. The molecule has 2 rings (SSSR count). The molecule has 0 spiro atoms. The van der Waals surface area contributed by atoms with Crippen LogP contribution in [0.5, 0.6) is 0 Å². The van der Waals surface area contributed by atoms with Gasteiger partial charge in [0.05, 0.1) is 12.8 Å². The van der Waals surface area contributed by atoms with Crippen molar-refractivity contribution in [3.63, 3.8) is 0 Å². The highest BCUT2D eigenvalue weighted by atomic mass is 16.3. The zero-order chi connectivity index (χ0) is 10.7. The maximum atomic E-state index is 5.51. The molecule has 0 aromatic carbocycles. The standard InChI is InChI=1S/C12H20N2O/c1-13-7-11-5-6-15-12(11)9-14(2)8-10-3-4-10/h5-6,10,13H,3-4,7-9H2,1-2H3. The van der Waals surface area contributed by atoms with Gasteiger partial charge in [-0.25, -0.2) is 0 Å². The second-order valence-electron chi connectivity index (χ2n) is 4.54. The molecule has 1 N–H and O–H groups in total. The second-order valence-corrected chi connectivity index (χ2v) is 4.54. The van der Waals surface area contributed by atoms with Crippen molar-refractivity contribution in [3.8, 4) is 0 Å². The van der Waals surface area contributed by atoms with E-state index in [1.165, 1.54) is 24.9 Å².